The number of carbonyl (C=O) groups is 1. The summed E-state index contributed by atoms with van der Waals surface area (Å²) < 4.78 is 0. The fourth-order valence-corrected chi connectivity index (χ4v) is 3.94. The summed E-state index contributed by atoms with van der Waals surface area (Å²) in [7, 11) is 1.89. The average molecular weight is 316 g/mol. The van der Waals surface area contributed by atoms with Gasteiger partial charge in [0.2, 0.25) is 0 Å². The Morgan fingerprint density at radius 3 is 2.61 bits per heavy atom. The number of hydrogen-bond acceptors (Lipinski definition) is 2. The highest BCUT2D eigenvalue weighted by Gasteiger charge is 2.42. The summed E-state index contributed by atoms with van der Waals surface area (Å²) in [6.45, 7) is 0.611. The molecule has 0 aromatic carbocycles. The topological polar surface area (TPSA) is 61.0 Å². The van der Waals surface area contributed by atoms with Gasteiger partial charge in [0.25, 0.3) is 0 Å². The number of carbonyl (C=O) groups excluding carboxylic acids is 1. The van der Waals surface area contributed by atoms with Crippen LogP contribution in [-0.2, 0) is 19.4 Å². The van der Waals surface area contributed by atoms with Crippen LogP contribution >= 0.6 is 0 Å². The molecule has 126 valence electrons. The third kappa shape index (κ3) is 3.38. The van der Waals surface area contributed by atoms with E-state index in [0.29, 0.717) is 12.6 Å². The standard InChI is InChI=1S/C18H28N4O/c1-22(18(23)19-17(12-7-8-12)13-9-10-13)11-16-14-5-3-2-4-6-15(14)20-21-16/h12-13,17H,2-11H2,1H3,(H,19,23)(H,20,21). The van der Waals surface area contributed by atoms with Crippen molar-refractivity contribution in [1.82, 2.24) is 20.4 Å². The molecule has 5 heteroatoms. The van der Waals surface area contributed by atoms with Crippen molar-refractivity contribution in [3.05, 3.63) is 17.0 Å². The van der Waals surface area contributed by atoms with E-state index in [-0.39, 0.29) is 6.03 Å². The van der Waals surface area contributed by atoms with Gasteiger partial charge in [-0.05, 0) is 68.8 Å². The summed E-state index contributed by atoms with van der Waals surface area (Å²) in [4.78, 5) is 14.4. The van der Waals surface area contributed by atoms with Crippen LogP contribution < -0.4 is 5.32 Å². The minimum atomic E-state index is 0.0687. The Hall–Kier alpha value is -1.52. The third-order valence-corrected chi connectivity index (χ3v) is 5.68. The second-order valence-electron chi connectivity index (χ2n) is 7.69. The lowest BCUT2D eigenvalue weighted by atomic mass is 10.1. The van der Waals surface area contributed by atoms with Crippen LogP contribution in [0.2, 0.25) is 0 Å². The Morgan fingerprint density at radius 2 is 1.91 bits per heavy atom. The van der Waals surface area contributed by atoms with Gasteiger partial charge < -0.3 is 10.2 Å². The highest BCUT2D eigenvalue weighted by Crippen LogP contribution is 2.44. The molecule has 5 nitrogen and oxygen atoms in total. The van der Waals surface area contributed by atoms with E-state index in [0.717, 1.165) is 30.4 Å². The van der Waals surface area contributed by atoms with Crippen molar-refractivity contribution in [1.29, 1.82) is 0 Å². The maximum Gasteiger partial charge on any atom is 0.317 e. The van der Waals surface area contributed by atoms with Gasteiger partial charge in [0.15, 0.2) is 0 Å². The summed E-state index contributed by atoms with van der Waals surface area (Å²) in [5.74, 6) is 1.48. The maximum absolute atomic E-state index is 12.6. The minimum Gasteiger partial charge on any atom is -0.335 e. The van der Waals surface area contributed by atoms with Crippen molar-refractivity contribution in [3.63, 3.8) is 0 Å². The van der Waals surface area contributed by atoms with Crippen LogP contribution in [0.25, 0.3) is 0 Å². The largest absolute Gasteiger partial charge is 0.335 e. The van der Waals surface area contributed by atoms with Crippen LogP contribution in [0.3, 0.4) is 0 Å². The van der Waals surface area contributed by atoms with Gasteiger partial charge in [-0.1, -0.05) is 6.42 Å². The number of nitrogens with one attached hydrogen (secondary N) is 2. The van der Waals surface area contributed by atoms with Gasteiger partial charge in [-0.25, -0.2) is 4.79 Å². The van der Waals surface area contributed by atoms with E-state index in [4.69, 9.17) is 0 Å². The summed E-state index contributed by atoms with van der Waals surface area (Å²) in [5, 5.41) is 11.0. The normalized spacial score (nSPS) is 21.0. The number of urea groups is 1. The molecule has 2 saturated carbocycles. The molecule has 0 saturated heterocycles. The van der Waals surface area contributed by atoms with Gasteiger partial charge in [-0.3, -0.25) is 5.10 Å². The van der Waals surface area contributed by atoms with Crippen LogP contribution in [-0.4, -0.2) is 34.2 Å². The van der Waals surface area contributed by atoms with Crippen molar-refractivity contribution in [2.24, 2.45) is 11.8 Å². The molecule has 1 aromatic heterocycles. The minimum absolute atomic E-state index is 0.0687. The quantitative estimate of drug-likeness (QED) is 0.820. The van der Waals surface area contributed by atoms with Crippen molar-refractivity contribution in [2.45, 2.75) is 70.4 Å². The zero-order valence-corrected chi connectivity index (χ0v) is 14.1. The molecule has 3 aliphatic carbocycles. The number of aromatic amines is 1. The molecule has 1 heterocycles. The number of amides is 2. The molecule has 2 N–H and O–H groups in total. The lowest BCUT2D eigenvalue weighted by Gasteiger charge is -2.23. The van der Waals surface area contributed by atoms with Gasteiger partial charge in [0.05, 0.1) is 12.2 Å². The van der Waals surface area contributed by atoms with Gasteiger partial charge in [-0.15, -0.1) is 0 Å². The maximum atomic E-state index is 12.6. The Bertz CT molecular complexity index is 562. The lowest BCUT2D eigenvalue weighted by Crippen LogP contribution is -2.44. The summed E-state index contributed by atoms with van der Waals surface area (Å²) >= 11 is 0. The van der Waals surface area contributed by atoms with Gasteiger partial charge >= 0.3 is 6.03 Å². The molecule has 4 rings (SSSR count). The van der Waals surface area contributed by atoms with Crippen molar-refractivity contribution >= 4 is 6.03 Å². The number of nitrogens with zero attached hydrogens (tertiary/aromatic N) is 2. The zero-order chi connectivity index (χ0) is 15.8. The SMILES string of the molecule is CN(Cc1n[nH]c2c1CCCCC2)C(=O)NC(C1CC1)C1CC1. The Kier molecular flexibility index (Phi) is 4.04. The number of aryl methyl sites for hydroxylation is 1. The third-order valence-electron chi connectivity index (χ3n) is 5.68. The van der Waals surface area contributed by atoms with E-state index < -0.39 is 0 Å². The van der Waals surface area contributed by atoms with Gasteiger partial charge in [0, 0.05) is 18.8 Å². The van der Waals surface area contributed by atoms with E-state index in [9.17, 15) is 4.79 Å². The molecular weight excluding hydrogens is 288 g/mol. The number of hydrogen-bond donors (Lipinski definition) is 2. The summed E-state index contributed by atoms with van der Waals surface area (Å²) in [6.07, 6.45) is 11.1. The van der Waals surface area contributed by atoms with Crippen molar-refractivity contribution in [3.8, 4) is 0 Å². The Balaban J connectivity index is 1.38. The number of rotatable bonds is 5. The van der Waals surface area contributed by atoms with E-state index in [1.165, 1.54) is 56.2 Å². The molecule has 1 aromatic rings. The first-order chi connectivity index (χ1) is 11.2. The Morgan fingerprint density at radius 1 is 1.22 bits per heavy atom. The van der Waals surface area contributed by atoms with Gasteiger partial charge in [0.1, 0.15) is 0 Å². The lowest BCUT2D eigenvalue weighted by molar-refractivity contribution is 0.198. The second-order valence-corrected chi connectivity index (χ2v) is 7.69. The smallest absolute Gasteiger partial charge is 0.317 e. The number of fused-ring (bicyclic) bond motifs is 1. The average Bonchev–Trinajstić information content (AvgIpc) is 3.44. The Labute approximate surface area is 138 Å². The highest BCUT2D eigenvalue weighted by atomic mass is 16.2. The van der Waals surface area contributed by atoms with Crippen LogP contribution in [0.4, 0.5) is 4.79 Å². The first-order valence-corrected chi connectivity index (χ1v) is 9.29. The van der Waals surface area contributed by atoms with E-state index in [2.05, 4.69) is 15.5 Å². The van der Waals surface area contributed by atoms with E-state index in [1.54, 1.807) is 4.90 Å². The van der Waals surface area contributed by atoms with Crippen molar-refractivity contribution in [2.75, 3.05) is 7.05 Å². The molecule has 23 heavy (non-hydrogen) atoms. The molecule has 2 amide bonds. The molecule has 0 unspecified atom stereocenters. The van der Waals surface area contributed by atoms with Crippen LogP contribution in [0.5, 0.6) is 0 Å². The molecule has 0 spiro atoms. The first-order valence-electron chi connectivity index (χ1n) is 9.29. The molecule has 3 aliphatic rings. The zero-order valence-electron chi connectivity index (χ0n) is 14.1. The highest BCUT2D eigenvalue weighted by molar-refractivity contribution is 5.74. The molecule has 0 bridgehead atoms. The summed E-state index contributed by atoms with van der Waals surface area (Å²) in [6, 6.07) is 0.487. The number of H-pyrrole nitrogens is 1. The van der Waals surface area contributed by atoms with Crippen LogP contribution in [0.15, 0.2) is 0 Å². The molecule has 2 fully saturated rings. The molecule has 0 aliphatic heterocycles. The predicted octanol–water partition coefficient (Wildman–Crippen LogP) is 3.01. The van der Waals surface area contributed by atoms with Crippen LogP contribution in [0.1, 0.15) is 61.9 Å². The van der Waals surface area contributed by atoms with Gasteiger partial charge in [-0.2, -0.15) is 5.10 Å². The molecule has 0 radical (unpaired) electrons. The van der Waals surface area contributed by atoms with E-state index >= 15 is 0 Å². The molecular formula is C18H28N4O. The predicted molar refractivity (Wildman–Crippen MR) is 89.1 cm³/mol. The fourth-order valence-electron chi connectivity index (χ4n) is 3.94. The fraction of sp³-hybridized carbons (Fsp3) is 0.778. The number of aromatic nitrogens is 2. The van der Waals surface area contributed by atoms with E-state index in [1.807, 2.05) is 7.05 Å². The first kappa shape index (κ1) is 15.0. The van der Waals surface area contributed by atoms with Crippen molar-refractivity contribution < 1.29 is 4.79 Å². The molecule has 0 atom stereocenters. The monoisotopic (exact) mass is 316 g/mol. The second kappa shape index (κ2) is 6.17. The summed E-state index contributed by atoms with van der Waals surface area (Å²) in [5.41, 5.74) is 3.72. The van der Waals surface area contributed by atoms with Crippen LogP contribution in [0, 0.1) is 11.8 Å².